The van der Waals surface area contributed by atoms with Crippen LogP contribution in [0.5, 0.6) is 5.75 Å². The minimum Gasteiger partial charge on any atom is -0.494 e. The number of ether oxygens (including phenoxy) is 2. The van der Waals surface area contributed by atoms with Gasteiger partial charge in [-0.1, -0.05) is 34.6 Å². The van der Waals surface area contributed by atoms with Gasteiger partial charge < -0.3 is 24.9 Å². The number of amides is 1. The van der Waals surface area contributed by atoms with Crippen molar-refractivity contribution in [3.05, 3.63) is 41.9 Å². The molecule has 2 unspecified atom stereocenters. The number of fused-ring (bicyclic) bond motifs is 1. The average molecular weight is 587 g/mol. The highest BCUT2D eigenvalue weighted by Crippen LogP contribution is 2.36. The lowest BCUT2D eigenvalue weighted by Gasteiger charge is -2.11. The van der Waals surface area contributed by atoms with E-state index in [-0.39, 0.29) is 11.3 Å². The van der Waals surface area contributed by atoms with Gasteiger partial charge in [-0.2, -0.15) is 13.2 Å². The van der Waals surface area contributed by atoms with Gasteiger partial charge in [-0.05, 0) is 71.3 Å². The number of pyridine rings is 1. The van der Waals surface area contributed by atoms with Crippen LogP contribution >= 0.6 is 0 Å². The van der Waals surface area contributed by atoms with E-state index in [1.807, 2.05) is 34.6 Å². The number of rotatable bonds is 5. The van der Waals surface area contributed by atoms with E-state index in [1.54, 1.807) is 19.1 Å². The van der Waals surface area contributed by atoms with Gasteiger partial charge in [-0.25, -0.2) is 9.97 Å². The molecule has 4 rings (SSSR count). The zero-order chi connectivity index (χ0) is 32.0. The molecule has 0 bridgehead atoms. The molecule has 2 aromatic heterocycles. The molecule has 3 N–H and O–H groups in total. The second-order valence-corrected chi connectivity index (χ2v) is 8.11. The van der Waals surface area contributed by atoms with Crippen LogP contribution in [0, 0.1) is 6.92 Å². The molecule has 3 aromatic rings. The van der Waals surface area contributed by atoms with E-state index < -0.39 is 11.9 Å². The molecule has 41 heavy (non-hydrogen) atoms. The first-order valence-corrected chi connectivity index (χ1v) is 14.0. The van der Waals surface area contributed by atoms with Crippen molar-refractivity contribution >= 4 is 17.3 Å². The van der Waals surface area contributed by atoms with Crippen molar-refractivity contribution < 1.29 is 31.9 Å². The number of alkyl halides is 3. The minimum atomic E-state index is -4.52. The molecule has 1 amide bonds. The Morgan fingerprint density at radius 1 is 1.05 bits per heavy atom. The van der Waals surface area contributed by atoms with Gasteiger partial charge in [0.25, 0.3) is 0 Å². The first kappa shape index (κ1) is 40.0. The lowest BCUT2D eigenvalue weighted by molar-refractivity contribution is -0.141. The summed E-state index contributed by atoms with van der Waals surface area (Å²) in [5.41, 5.74) is 4.88. The molecular formula is C30H49F3N4O4. The van der Waals surface area contributed by atoms with Crippen LogP contribution in [0.2, 0.25) is 0 Å². The number of aromatic nitrogens is 2. The highest BCUT2D eigenvalue weighted by Gasteiger charge is 2.33. The number of nitrogens with zero attached hydrogens (tertiary/aromatic N) is 2. The predicted molar refractivity (Wildman–Crippen MR) is 160 cm³/mol. The van der Waals surface area contributed by atoms with Crippen LogP contribution in [0.4, 0.5) is 13.2 Å². The van der Waals surface area contributed by atoms with E-state index in [9.17, 15) is 18.0 Å². The highest BCUT2D eigenvalue weighted by molar-refractivity contribution is 5.96. The Hall–Kier alpha value is -3.18. The molecular weight excluding hydrogens is 537 g/mol. The van der Waals surface area contributed by atoms with Crippen LogP contribution in [0.3, 0.4) is 0 Å². The number of methoxy groups -OCH3 is 1. The molecule has 0 radical (unpaired) electrons. The van der Waals surface area contributed by atoms with E-state index in [0.29, 0.717) is 41.2 Å². The SMILES string of the molecule is CC.CC.CC1CCC(C)O1.CCCNC=O.CN.COc1ccc(-c2nc(C)co2)c2ccc(C(F)(F)F)nc12. The predicted octanol–water partition coefficient (Wildman–Crippen LogP) is 7.57. The molecule has 2 atom stereocenters. The molecule has 11 heteroatoms. The smallest absolute Gasteiger partial charge is 0.433 e. The highest BCUT2D eigenvalue weighted by atomic mass is 19.4. The number of nitrogens with one attached hydrogen (secondary N) is 1. The van der Waals surface area contributed by atoms with Crippen LogP contribution in [0.15, 0.2) is 34.9 Å². The Morgan fingerprint density at radius 2 is 1.63 bits per heavy atom. The topological polar surface area (TPSA) is 112 Å². The molecule has 234 valence electrons. The maximum Gasteiger partial charge on any atom is 0.433 e. The number of benzene rings is 1. The van der Waals surface area contributed by atoms with Gasteiger partial charge in [0.1, 0.15) is 23.2 Å². The van der Waals surface area contributed by atoms with Gasteiger partial charge in [-0.3, -0.25) is 4.79 Å². The summed E-state index contributed by atoms with van der Waals surface area (Å²) < 4.78 is 54.3. The van der Waals surface area contributed by atoms with Crippen molar-refractivity contribution in [3.63, 3.8) is 0 Å². The first-order chi connectivity index (χ1) is 19.6. The molecule has 8 nitrogen and oxygen atoms in total. The lowest BCUT2D eigenvalue weighted by atomic mass is 10.1. The maximum atomic E-state index is 12.8. The summed E-state index contributed by atoms with van der Waals surface area (Å²) in [4.78, 5) is 17.3. The third-order valence-corrected chi connectivity index (χ3v) is 5.10. The zero-order valence-corrected chi connectivity index (χ0v) is 26.2. The van der Waals surface area contributed by atoms with E-state index >= 15 is 0 Å². The maximum absolute atomic E-state index is 12.8. The molecule has 0 aliphatic carbocycles. The van der Waals surface area contributed by atoms with Gasteiger partial charge in [-0.15, -0.1) is 0 Å². The van der Waals surface area contributed by atoms with Crippen molar-refractivity contribution in [1.82, 2.24) is 15.3 Å². The van der Waals surface area contributed by atoms with E-state index in [2.05, 4.69) is 34.9 Å². The number of halogens is 3. The summed E-state index contributed by atoms with van der Waals surface area (Å²) >= 11 is 0. The normalized spacial score (nSPS) is 15.1. The molecule has 0 saturated carbocycles. The van der Waals surface area contributed by atoms with Crippen LogP contribution in [-0.2, 0) is 15.7 Å². The van der Waals surface area contributed by atoms with Crippen molar-refractivity contribution in [2.24, 2.45) is 5.73 Å². The summed E-state index contributed by atoms with van der Waals surface area (Å²) in [7, 11) is 2.88. The summed E-state index contributed by atoms with van der Waals surface area (Å²) in [6.45, 7) is 16.8. The molecule has 1 aliphatic heterocycles. The molecule has 1 aromatic carbocycles. The van der Waals surface area contributed by atoms with Gasteiger partial charge in [0.05, 0.1) is 25.0 Å². The lowest BCUT2D eigenvalue weighted by Crippen LogP contribution is -2.10. The number of nitrogens with two attached hydrogens (primary N) is 1. The Morgan fingerprint density at radius 3 is 2.00 bits per heavy atom. The molecule has 1 aliphatic rings. The fraction of sp³-hybridized carbons (Fsp3) is 0.567. The van der Waals surface area contributed by atoms with Gasteiger partial charge >= 0.3 is 6.18 Å². The van der Waals surface area contributed by atoms with Crippen LogP contribution in [0.25, 0.3) is 22.4 Å². The number of oxazole rings is 1. The summed E-state index contributed by atoms with van der Waals surface area (Å²) in [6, 6.07) is 5.51. The van der Waals surface area contributed by atoms with E-state index in [0.717, 1.165) is 19.0 Å². The second-order valence-electron chi connectivity index (χ2n) is 8.11. The summed E-state index contributed by atoms with van der Waals surface area (Å²) in [5, 5.41) is 3.00. The number of hydrogen-bond donors (Lipinski definition) is 2. The van der Waals surface area contributed by atoms with Gasteiger partial charge in [0.15, 0.2) is 0 Å². The van der Waals surface area contributed by atoms with Crippen molar-refractivity contribution in [1.29, 1.82) is 0 Å². The van der Waals surface area contributed by atoms with Crippen LogP contribution in [-0.4, -0.2) is 49.3 Å². The van der Waals surface area contributed by atoms with Gasteiger partial charge in [0.2, 0.25) is 12.3 Å². The van der Waals surface area contributed by atoms with Crippen LogP contribution in [0.1, 0.15) is 79.1 Å². The number of aryl methyl sites for hydroxylation is 1. The Bertz CT molecular complexity index is 1080. The van der Waals surface area contributed by atoms with E-state index in [4.69, 9.17) is 13.9 Å². The standard InChI is InChI=1S/C15H11F3N2O2.C6H12O.C4H9NO.2C2H6.CH5N/c1-8-7-22-14(19-8)10-3-5-11(21-2)13-9(10)4-6-12(20-13)15(16,17)18;1-5-3-4-6(2)7-5;1-2-3-5-4-6;3*1-2/h3-7H,1-2H3;5-6H,3-4H2,1-2H3;4H,2-3H2,1H3,(H,5,6);2*1-2H3;2H2,1H3. The largest absolute Gasteiger partial charge is 0.494 e. The fourth-order valence-electron chi connectivity index (χ4n) is 3.38. The quantitative estimate of drug-likeness (QED) is 0.234. The number of carbonyl (C=O) groups excluding carboxylic acids is 1. The third-order valence-electron chi connectivity index (χ3n) is 5.10. The summed E-state index contributed by atoms with van der Waals surface area (Å²) in [6.07, 6.45) is 2.23. The fourth-order valence-corrected chi connectivity index (χ4v) is 3.38. The molecule has 3 heterocycles. The third kappa shape index (κ3) is 14.3. The Balaban J connectivity index is 0. The monoisotopic (exact) mass is 586 g/mol. The first-order valence-electron chi connectivity index (χ1n) is 14.0. The van der Waals surface area contributed by atoms with Crippen molar-refractivity contribution in [2.75, 3.05) is 20.7 Å². The van der Waals surface area contributed by atoms with Crippen LogP contribution < -0.4 is 15.8 Å². The second kappa shape index (κ2) is 22.5. The number of carbonyl (C=O) groups is 1. The molecule has 0 spiro atoms. The summed E-state index contributed by atoms with van der Waals surface area (Å²) in [5.74, 6) is 0.583. The minimum absolute atomic E-state index is 0.116. The zero-order valence-electron chi connectivity index (χ0n) is 26.2. The van der Waals surface area contributed by atoms with Gasteiger partial charge in [0, 0.05) is 17.5 Å². The Kier molecular flexibility index (Phi) is 21.9. The van der Waals surface area contributed by atoms with Crippen molar-refractivity contribution in [2.45, 2.75) is 93.0 Å². The molecule has 1 fully saturated rings. The van der Waals surface area contributed by atoms with E-state index in [1.165, 1.54) is 39.3 Å². The molecule has 1 saturated heterocycles. The Labute approximate surface area is 243 Å². The number of hydrogen-bond acceptors (Lipinski definition) is 7. The average Bonchev–Trinajstić information content (AvgIpc) is 3.60. The van der Waals surface area contributed by atoms with Crippen molar-refractivity contribution in [3.8, 4) is 17.2 Å².